The van der Waals surface area contributed by atoms with E-state index in [1.54, 1.807) is 18.4 Å². The van der Waals surface area contributed by atoms with E-state index in [2.05, 4.69) is 20.9 Å². The molecule has 29 heavy (non-hydrogen) atoms. The van der Waals surface area contributed by atoms with Crippen molar-refractivity contribution in [3.63, 3.8) is 0 Å². The number of benzene rings is 1. The van der Waals surface area contributed by atoms with E-state index in [1.807, 2.05) is 38.1 Å². The van der Waals surface area contributed by atoms with Crippen LogP contribution < -0.4 is 16.0 Å². The normalized spacial score (nSPS) is 15.3. The predicted octanol–water partition coefficient (Wildman–Crippen LogP) is 3.05. The van der Waals surface area contributed by atoms with Crippen LogP contribution in [0.15, 0.2) is 47.1 Å². The molecule has 1 saturated heterocycles. The Bertz CT molecular complexity index is 781. The molecule has 0 bridgehead atoms. The van der Waals surface area contributed by atoms with Crippen molar-refractivity contribution in [1.29, 1.82) is 0 Å². The molecule has 7 heteroatoms. The summed E-state index contributed by atoms with van der Waals surface area (Å²) in [7, 11) is 0. The second-order valence-electron chi connectivity index (χ2n) is 7.66. The van der Waals surface area contributed by atoms with Gasteiger partial charge in [0, 0.05) is 24.7 Å². The zero-order valence-electron chi connectivity index (χ0n) is 17.1. The highest BCUT2D eigenvalue weighted by Gasteiger charge is 2.26. The van der Waals surface area contributed by atoms with E-state index in [0.717, 1.165) is 24.4 Å². The molecule has 1 aromatic heterocycles. The summed E-state index contributed by atoms with van der Waals surface area (Å²) in [5.74, 6) is 0.770. The average Bonchev–Trinajstić information content (AvgIpc) is 3.41. The number of nitrogens with one attached hydrogen (secondary N) is 3. The Balaban J connectivity index is 1.52. The van der Waals surface area contributed by atoms with Crippen molar-refractivity contribution in [2.45, 2.75) is 45.3 Å². The lowest BCUT2D eigenvalue weighted by Crippen LogP contribution is -2.39. The van der Waals surface area contributed by atoms with Gasteiger partial charge in [-0.3, -0.25) is 9.69 Å². The highest BCUT2D eigenvalue weighted by Crippen LogP contribution is 2.25. The van der Waals surface area contributed by atoms with Gasteiger partial charge in [-0.05, 0) is 69.6 Å². The number of likely N-dealkylation sites (tertiary alicyclic amines) is 1. The third-order valence-corrected chi connectivity index (χ3v) is 5.00. The molecule has 156 valence electrons. The maximum absolute atomic E-state index is 12.6. The summed E-state index contributed by atoms with van der Waals surface area (Å²) in [6.45, 7) is 6.78. The molecule has 1 aliphatic rings. The number of hydrogen-bond donors (Lipinski definition) is 3. The number of amides is 3. The van der Waals surface area contributed by atoms with Gasteiger partial charge >= 0.3 is 6.03 Å². The molecule has 3 rings (SSSR count). The number of carbonyl (C=O) groups is 2. The van der Waals surface area contributed by atoms with Gasteiger partial charge in [0.25, 0.3) is 5.91 Å². The van der Waals surface area contributed by atoms with Crippen LogP contribution in [0.5, 0.6) is 0 Å². The fraction of sp³-hybridized carbons (Fsp3) is 0.455. The number of furan rings is 1. The molecule has 0 spiro atoms. The standard InChI is InChI=1S/C22H30N4O3/c1-16(2)25-22(28)24-14-17-7-9-18(10-8-17)21(27)23-15-19(20-6-5-13-29-20)26-11-3-4-12-26/h5-10,13,16,19H,3-4,11-12,14-15H2,1-2H3,(H,23,27)(H2,24,25,28)/t19-/m0/s1. The highest BCUT2D eigenvalue weighted by molar-refractivity contribution is 5.94. The molecule has 3 N–H and O–H groups in total. The highest BCUT2D eigenvalue weighted by atomic mass is 16.3. The molecule has 0 radical (unpaired) electrons. The van der Waals surface area contributed by atoms with E-state index in [9.17, 15) is 9.59 Å². The molecule has 2 heterocycles. The van der Waals surface area contributed by atoms with Crippen molar-refractivity contribution < 1.29 is 14.0 Å². The van der Waals surface area contributed by atoms with Crippen molar-refractivity contribution in [3.05, 3.63) is 59.5 Å². The van der Waals surface area contributed by atoms with Gasteiger partial charge < -0.3 is 20.4 Å². The first kappa shape index (κ1) is 20.9. The second kappa shape index (κ2) is 10.1. The van der Waals surface area contributed by atoms with Crippen LogP contribution in [0.4, 0.5) is 4.79 Å². The SMILES string of the molecule is CC(C)NC(=O)NCc1ccc(C(=O)NC[C@@H](c2ccco2)N2CCCC2)cc1. The van der Waals surface area contributed by atoms with Gasteiger partial charge in [0.2, 0.25) is 0 Å². The zero-order chi connectivity index (χ0) is 20.6. The Morgan fingerprint density at radius 1 is 1.07 bits per heavy atom. The molecular formula is C22H30N4O3. The Kier molecular flexibility index (Phi) is 7.30. The monoisotopic (exact) mass is 398 g/mol. The molecule has 3 amide bonds. The van der Waals surface area contributed by atoms with Gasteiger partial charge in [-0.2, -0.15) is 0 Å². The summed E-state index contributed by atoms with van der Waals surface area (Å²) < 4.78 is 5.60. The molecule has 1 aromatic carbocycles. The summed E-state index contributed by atoms with van der Waals surface area (Å²) >= 11 is 0. The molecule has 7 nitrogen and oxygen atoms in total. The third-order valence-electron chi connectivity index (χ3n) is 5.00. The number of rotatable bonds is 8. The van der Waals surface area contributed by atoms with Crippen LogP contribution in [-0.4, -0.2) is 42.5 Å². The average molecular weight is 399 g/mol. The summed E-state index contributed by atoms with van der Waals surface area (Å²) in [5, 5.41) is 8.61. The predicted molar refractivity (Wildman–Crippen MR) is 112 cm³/mol. The van der Waals surface area contributed by atoms with E-state index < -0.39 is 0 Å². The van der Waals surface area contributed by atoms with Gasteiger partial charge in [0.1, 0.15) is 5.76 Å². The zero-order valence-corrected chi connectivity index (χ0v) is 17.1. The molecule has 0 unspecified atom stereocenters. The Morgan fingerprint density at radius 3 is 2.41 bits per heavy atom. The molecule has 1 atom stereocenters. The lowest BCUT2D eigenvalue weighted by atomic mass is 10.1. The maximum atomic E-state index is 12.6. The summed E-state index contributed by atoms with van der Waals surface area (Å²) in [4.78, 5) is 26.6. The first-order valence-electron chi connectivity index (χ1n) is 10.2. The molecule has 1 aliphatic heterocycles. The van der Waals surface area contributed by atoms with Crippen LogP contribution in [-0.2, 0) is 6.54 Å². The Labute approximate surface area is 171 Å². The van der Waals surface area contributed by atoms with E-state index >= 15 is 0 Å². The fourth-order valence-electron chi connectivity index (χ4n) is 3.50. The molecule has 0 saturated carbocycles. The van der Waals surface area contributed by atoms with E-state index in [0.29, 0.717) is 18.7 Å². The van der Waals surface area contributed by atoms with Crippen molar-refractivity contribution in [2.24, 2.45) is 0 Å². The fourth-order valence-corrected chi connectivity index (χ4v) is 3.50. The van der Waals surface area contributed by atoms with Crippen LogP contribution in [0.25, 0.3) is 0 Å². The Morgan fingerprint density at radius 2 is 1.79 bits per heavy atom. The summed E-state index contributed by atoms with van der Waals surface area (Å²) in [5.41, 5.74) is 1.53. The maximum Gasteiger partial charge on any atom is 0.315 e. The van der Waals surface area contributed by atoms with Crippen LogP contribution >= 0.6 is 0 Å². The summed E-state index contributed by atoms with van der Waals surface area (Å²) in [6.07, 6.45) is 4.03. The van der Waals surface area contributed by atoms with Crippen LogP contribution in [0, 0.1) is 0 Å². The minimum absolute atomic E-state index is 0.0550. The number of hydrogen-bond acceptors (Lipinski definition) is 4. The lowest BCUT2D eigenvalue weighted by molar-refractivity contribution is 0.0933. The van der Waals surface area contributed by atoms with E-state index in [-0.39, 0.29) is 24.0 Å². The topological polar surface area (TPSA) is 86.6 Å². The van der Waals surface area contributed by atoms with Crippen LogP contribution in [0.1, 0.15) is 54.4 Å². The van der Waals surface area contributed by atoms with Crippen LogP contribution in [0.2, 0.25) is 0 Å². The van der Waals surface area contributed by atoms with Gasteiger partial charge in [0.15, 0.2) is 0 Å². The smallest absolute Gasteiger partial charge is 0.315 e. The number of nitrogens with zero attached hydrogens (tertiary/aromatic N) is 1. The van der Waals surface area contributed by atoms with Crippen molar-refractivity contribution in [3.8, 4) is 0 Å². The minimum atomic E-state index is -0.201. The van der Waals surface area contributed by atoms with Crippen molar-refractivity contribution in [1.82, 2.24) is 20.9 Å². The quantitative estimate of drug-likeness (QED) is 0.638. The third kappa shape index (κ3) is 6.09. The number of carbonyl (C=O) groups excluding carboxylic acids is 2. The largest absolute Gasteiger partial charge is 0.468 e. The summed E-state index contributed by atoms with van der Waals surface area (Å²) in [6, 6.07) is 11.1. The molecular weight excluding hydrogens is 368 g/mol. The van der Waals surface area contributed by atoms with Gasteiger partial charge in [-0.15, -0.1) is 0 Å². The van der Waals surface area contributed by atoms with Crippen LogP contribution in [0.3, 0.4) is 0 Å². The van der Waals surface area contributed by atoms with Gasteiger partial charge in [0.05, 0.1) is 12.3 Å². The lowest BCUT2D eigenvalue weighted by Gasteiger charge is -2.26. The van der Waals surface area contributed by atoms with Crippen molar-refractivity contribution >= 4 is 11.9 Å². The number of urea groups is 1. The van der Waals surface area contributed by atoms with E-state index in [1.165, 1.54) is 12.8 Å². The molecule has 1 fully saturated rings. The Hall–Kier alpha value is -2.80. The van der Waals surface area contributed by atoms with Gasteiger partial charge in [-0.1, -0.05) is 12.1 Å². The molecule has 0 aliphatic carbocycles. The first-order chi connectivity index (χ1) is 14.0. The molecule has 2 aromatic rings. The second-order valence-corrected chi connectivity index (χ2v) is 7.66. The van der Waals surface area contributed by atoms with Gasteiger partial charge in [-0.25, -0.2) is 4.79 Å². The first-order valence-corrected chi connectivity index (χ1v) is 10.2. The van der Waals surface area contributed by atoms with E-state index in [4.69, 9.17) is 4.42 Å². The minimum Gasteiger partial charge on any atom is -0.468 e. The van der Waals surface area contributed by atoms with Crippen molar-refractivity contribution in [2.75, 3.05) is 19.6 Å².